The molecular formula is C24H18ClN3O4S. The number of nitrogens with zero attached hydrogens (tertiary/aromatic N) is 2. The standard InChI is InChI=1S/C24H18ClN3O4S/c1-14-3-9-18(10-4-14)28-33(29,30)19-11-12-21-20(13-19)15(2)22(31-21)24-26-23(27-32-24)16-5-7-17(25)8-6-16/h3-13,28H,1-2H3. The number of nitrogens with one attached hydrogen (secondary N) is 1. The van der Waals surface area contributed by atoms with Crippen LogP contribution in [0.4, 0.5) is 5.69 Å². The molecule has 0 saturated carbocycles. The Hall–Kier alpha value is -3.62. The Morgan fingerprint density at radius 1 is 0.939 bits per heavy atom. The molecule has 33 heavy (non-hydrogen) atoms. The lowest BCUT2D eigenvalue weighted by Gasteiger charge is -2.08. The van der Waals surface area contributed by atoms with Crippen molar-refractivity contribution in [3.63, 3.8) is 0 Å². The molecular weight excluding hydrogens is 462 g/mol. The minimum atomic E-state index is -3.78. The van der Waals surface area contributed by atoms with Gasteiger partial charge in [-0.05, 0) is 68.4 Å². The van der Waals surface area contributed by atoms with Gasteiger partial charge in [-0.3, -0.25) is 4.72 Å². The van der Waals surface area contributed by atoms with Crippen molar-refractivity contribution < 1.29 is 17.4 Å². The molecule has 0 unspecified atom stereocenters. The first kappa shape index (κ1) is 21.2. The number of sulfonamides is 1. The first-order valence-electron chi connectivity index (χ1n) is 10.0. The highest BCUT2D eigenvalue weighted by Gasteiger charge is 2.22. The van der Waals surface area contributed by atoms with Crippen LogP contribution < -0.4 is 4.72 Å². The summed E-state index contributed by atoms with van der Waals surface area (Å²) in [6.07, 6.45) is 0. The summed E-state index contributed by atoms with van der Waals surface area (Å²) >= 11 is 5.94. The molecule has 166 valence electrons. The quantitative estimate of drug-likeness (QED) is 0.321. The van der Waals surface area contributed by atoms with Gasteiger partial charge in [0.2, 0.25) is 5.82 Å². The van der Waals surface area contributed by atoms with Gasteiger partial charge in [-0.2, -0.15) is 4.98 Å². The minimum absolute atomic E-state index is 0.124. The molecule has 7 nitrogen and oxygen atoms in total. The Labute approximate surface area is 195 Å². The van der Waals surface area contributed by atoms with Gasteiger partial charge >= 0.3 is 0 Å². The number of benzene rings is 3. The lowest BCUT2D eigenvalue weighted by Crippen LogP contribution is -2.12. The van der Waals surface area contributed by atoms with E-state index >= 15 is 0 Å². The first-order chi connectivity index (χ1) is 15.8. The molecule has 0 aliphatic heterocycles. The smallest absolute Gasteiger partial charge is 0.294 e. The summed E-state index contributed by atoms with van der Waals surface area (Å²) in [6, 6.07) is 18.9. The summed E-state index contributed by atoms with van der Waals surface area (Å²) in [6.45, 7) is 3.75. The van der Waals surface area contributed by atoms with E-state index in [1.807, 2.05) is 26.0 Å². The van der Waals surface area contributed by atoms with Gasteiger partial charge in [0.1, 0.15) is 5.58 Å². The average molecular weight is 480 g/mol. The fourth-order valence-electron chi connectivity index (χ4n) is 3.44. The van der Waals surface area contributed by atoms with Crippen LogP contribution in [0, 0.1) is 13.8 Å². The van der Waals surface area contributed by atoms with Crippen LogP contribution in [0.5, 0.6) is 0 Å². The Morgan fingerprint density at radius 2 is 1.67 bits per heavy atom. The zero-order valence-corrected chi connectivity index (χ0v) is 19.2. The largest absolute Gasteiger partial charge is 0.451 e. The second kappa shape index (κ2) is 8.06. The molecule has 0 spiro atoms. The van der Waals surface area contributed by atoms with Crippen LogP contribution >= 0.6 is 11.6 Å². The van der Waals surface area contributed by atoms with E-state index < -0.39 is 10.0 Å². The molecule has 0 radical (unpaired) electrons. The number of aromatic nitrogens is 2. The fraction of sp³-hybridized carbons (Fsp3) is 0.0833. The number of halogens is 1. The third-order valence-corrected chi connectivity index (χ3v) is 6.88. The van der Waals surface area contributed by atoms with Gasteiger partial charge in [0.25, 0.3) is 15.9 Å². The van der Waals surface area contributed by atoms with E-state index in [9.17, 15) is 8.42 Å². The van der Waals surface area contributed by atoms with E-state index in [1.54, 1.807) is 48.5 Å². The molecule has 3 aromatic carbocycles. The van der Waals surface area contributed by atoms with Crippen molar-refractivity contribution in [2.75, 3.05) is 4.72 Å². The van der Waals surface area contributed by atoms with Gasteiger partial charge in [0.05, 0.1) is 4.90 Å². The molecule has 0 fully saturated rings. The molecule has 0 bridgehead atoms. The number of hydrogen-bond acceptors (Lipinski definition) is 6. The maximum Gasteiger partial charge on any atom is 0.294 e. The zero-order chi connectivity index (χ0) is 23.2. The summed E-state index contributed by atoms with van der Waals surface area (Å²) < 4.78 is 39.8. The van der Waals surface area contributed by atoms with Crippen molar-refractivity contribution in [1.82, 2.24) is 10.1 Å². The molecule has 0 aliphatic rings. The highest BCUT2D eigenvalue weighted by Crippen LogP contribution is 2.34. The van der Waals surface area contributed by atoms with E-state index in [2.05, 4.69) is 14.9 Å². The lowest BCUT2D eigenvalue weighted by atomic mass is 10.1. The second-order valence-corrected chi connectivity index (χ2v) is 9.73. The van der Waals surface area contributed by atoms with Crippen LogP contribution in [0.15, 0.2) is 80.6 Å². The topological polar surface area (TPSA) is 98.2 Å². The average Bonchev–Trinajstić information content (AvgIpc) is 3.40. The summed E-state index contributed by atoms with van der Waals surface area (Å²) in [5.41, 5.74) is 3.50. The van der Waals surface area contributed by atoms with Gasteiger partial charge in [-0.1, -0.05) is 34.5 Å². The zero-order valence-electron chi connectivity index (χ0n) is 17.7. The SMILES string of the molecule is Cc1ccc(NS(=O)(=O)c2ccc3oc(-c4nc(-c5ccc(Cl)cc5)no4)c(C)c3c2)cc1. The third-order valence-electron chi connectivity index (χ3n) is 5.24. The van der Waals surface area contributed by atoms with E-state index in [4.69, 9.17) is 20.5 Å². The Morgan fingerprint density at radius 3 is 2.39 bits per heavy atom. The van der Waals surface area contributed by atoms with Gasteiger partial charge in [0.15, 0.2) is 5.76 Å². The van der Waals surface area contributed by atoms with Crippen molar-refractivity contribution in [2.45, 2.75) is 18.7 Å². The molecule has 2 heterocycles. The summed E-state index contributed by atoms with van der Waals surface area (Å²) in [5.74, 6) is 0.988. The van der Waals surface area contributed by atoms with Crippen molar-refractivity contribution >= 4 is 38.3 Å². The van der Waals surface area contributed by atoms with Crippen molar-refractivity contribution in [3.05, 3.63) is 82.9 Å². The number of rotatable bonds is 5. The van der Waals surface area contributed by atoms with E-state index in [0.29, 0.717) is 38.8 Å². The molecule has 0 aliphatic carbocycles. The van der Waals surface area contributed by atoms with Gasteiger partial charge in [0, 0.05) is 27.2 Å². The second-order valence-electron chi connectivity index (χ2n) is 7.62. The Bertz CT molecular complexity index is 1570. The summed E-state index contributed by atoms with van der Waals surface area (Å²) in [4.78, 5) is 4.55. The van der Waals surface area contributed by atoms with Crippen LogP contribution in [-0.4, -0.2) is 18.6 Å². The number of furan rings is 1. The van der Waals surface area contributed by atoms with E-state index in [0.717, 1.165) is 11.1 Å². The maximum atomic E-state index is 12.9. The molecule has 5 rings (SSSR count). The van der Waals surface area contributed by atoms with Crippen LogP contribution in [-0.2, 0) is 10.0 Å². The van der Waals surface area contributed by atoms with Crippen LogP contribution in [0.3, 0.4) is 0 Å². The highest BCUT2D eigenvalue weighted by atomic mass is 35.5. The molecule has 0 amide bonds. The summed E-state index contributed by atoms with van der Waals surface area (Å²) in [5, 5.41) is 5.27. The lowest BCUT2D eigenvalue weighted by molar-refractivity contribution is 0.419. The van der Waals surface area contributed by atoms with E-state index in [1.165, 1.54) is 6.07 Å². The highest BCUT2D eigenvalue weighted by molar-refractivity contribution is 7.92. The van der Waals surface area contributed by atoms with Crippen molar-refractivity contribution in [2.24, 2.45) is 0 Å². The molecule has 5 aromatic rings. The normalized spacial score (nSPS) is 11.7. The Balaban J connectivity index is 1.49. The molecule has 9 heteroatoms. The Kier molecular flexibility index (Phi) is 5.19. The first-order valence-corrected chi connectivity index (χ1v) is 11.9. The molecule has 1 N–H and O–H groups in total. The fourth-order valence-corrected chi connectivity index (χ4v) is 4.65. The van der Waals surface area contributed by atoms with Crippen LogP contribution in [0.2, 0.25) is 5.02 Å². The van der Waals surface area contributed by atoms with Crippen LogP contribution in [0.1, 0.15) is 11.1 Å². The van der Waals surface area contributed by atoms with Crippen LogP contribution in [0.25, 0.3) is 34.0 Å². The third kappa shape index (κ3) is 4.10. The molecule has 0 atom stereocenters. The molecule has 2 aromatic heterocycles. The van der Waals surface area contributed by atoms with Crippen molar-refractivity contribution in [3.8, 4) is 23.0 Å². The predicted octanol–water partition coefficient (Wildman–Crippen LogP) is 6.22. The number of anilines is 1. The minimum Gasteiger partial charge on any atom is -0.451 e. The van der Waals surface area contributed by atoms with E-state index in [-0.39, 0.29) is 10.8 Å². The number of hydrogen-bond donors (Lipinski definition) is 1. The number of fused-ring (bicyclic) bond motifs is 1. The van der Waals surface area contributed by atoms with Crippen molar-refractivity contribution in [1.29, 1.82) is 0 Å². The predicted molar refractivity (Wildman–Crippen MR) is 127 cm³/mol. The van der Waals surface area contributed by atoms with Gasteiger partial charge in [-0.15, -0.1) is 0 Å². The summed E-state index contributed by atoms with van der Waals surface area (Å²) in [7, 11) is -3.78. The number of aryl methyl sites for hydroxylation is 2. The van der Waals surface area contributed by atoms with Gasteiger partial charge < -0.3 is 8.94 Å². The molecule has 0 saturated heterocycles. The monoisotopic (exact) mass is 479 g/mol. The van der Waals surface area contributed by atoms with Gasteiger partial charge in [-0.25, -0.2) is 8.42 Å². The maximum absolute atomic E-state index is 12.9.